The Morgan fingerprint density at radius 2 is 2.00 bits per heavy atom. The first-order valence-electron chi connectivity index (χ1n) is 6.93. The van der Waals surface area contributed by atoms with Crippen LogP contribution in [0.15, 0.2) is 41.9 Å². The number of fused-ring (bicyclic) bond motifs is 1. The van der Waals surface area contributed by atoms with Gasteiger partial charge in [-0.25, -0.2) is 4.68 Å². The van der Waals surface area contributed by atoms with E-state index in [4.69, 9.17) is 5.73 Å². The predicted molar refractivity (Wildman–Crippen MR) is 84.4 cm³/mol. The number of hydrogen-bond donors (Lipinski definition) is 2. The van der Waals surface area contributed by atoms with Gasteiger partial charge in [-0.1, -0.05) is 12.1 Å². The molecule has 1 aromatic carbocycles. The Balaban J connectivity index is 2.12. The monoisotopic (exact) mass is 298 g/mol. The van der Waals surface area contributed by atoms with Crippen LogP contribution in [0.5, 0.6) is 0 Å². The van der Waals surface area contributed by atoms with Gasteiger partial charge < -0.3 is 16.0 Å². The van der Waals surface area contributed by atoms with Crippen molar-refractivity contribution in [2.24, 2.45) is 5.73 Å². The lowest BCUT2D eigenvalue weighted by Crippen LogP contribution is -2.31. The molecule has 22 heavy (non-hydrogen) atoms. The van der Waals surface area contributed by atoms with Crippen molar-refractivity contribution < 1.29 is 4.79 Å². The fourth-order valence-electron chi connectivity index (χ4n) is 2.67. The first-order chi connectivity index (χ1) is 10.5. The van der Waals surface area contributed by atoms with E-state index in [1.165, 1.54) is 6.33 Å². The summed E-state index contributed by atoms with van der Waals surface area (Å²) < 4.78 is 1.68. The lowest BCUT2D eigenvalue weighted by atomic mass is 9.95. The maximum atomic E-state index is 11.9. The molecule has 1 amide bonds. The Bertz CT molecular complexity index is 744. The highest BCUT2D eigenvalue weighted by atomic mass is 16.1. The van der Waals surface area contributed by atoms with E-state index in [9.17, 15) is 4.79 Å². The minimum atomic E-state index is -0.465. The topological polar surface area (TPSA) is 89.1 Å². The third kappa shape index (κ3) is 2.20. The lowest BCUT2D eigenvalue weighted by molar-refractivity contribution is -0.115. The number of nitrogens with one attached hydrogen (secondary N) is 1. The SMILES string of the molecule is CC1=C(C(N)=O)[C@@H](c2ccc(N(C)C)cc2)n2ncnc2N1. The van der Waals surface area contributed by atoms with Gasteiger partial charge in [0.05, 0.1) is 5.57 Å². The molecule has 0 bridgehead atoms. The molecule has 2 aromatic rings. The van der Waals surface area contributed by atoms with Crippen molar-refractivity contribution in [3.8, 4) is 0 Å². The van der Waals surface area contributed by atoms with Crippen LogP contribution in [0, 0.1) is 0 Å². The molecule has 3 N–H and O–H groups in total. The zero-order valence-corrected chi connectivity index (χ0v) is 12.7. The Labute approximate surface area is 128 Å². The van der Waals surface area contributed by atoms with E-state index >= 15 is 0 Å². The summed E-state index contributed by atoms with van der Waals surface area (Å²) in [4.78, 5) is 18.1. The summed E-state index contributed by atoms with van der Waals surface area (Å²) in [5.41, 5.74) is 8.80. The van der Waals surface area contributed by atoms with Crippen LogP contribution in [0.3, 0.4) is 0 Å². The number of nitrogens with zero attached hydrogens (tertiary/aromatic N) is 4. The number of benzene rings is 1. The molecule has 1 atom stereocenters. The molecule has 7 heteroatoms. The second-order valence-electron chi connectivity index (χ2n) is 5.44. The Hall–Kier alpha value is -2.83. The fourth-order valence-corrected chi connectivity index (χ4v) is 2.67. The number of aromatic nitrogens is 3. The van der Waals surface area contributed by atoms with Gasteiger partial charge in [0.2, 0.25) is 11.9 Å². The van der Waals surface area contributed by atoms with E-state index in [1.54, 1.807) is 4.68 Å². The smallest absolute Gasteiger partial charge is 0.248 e. The van der Waals surface area contributed by atoms with Gasteiger partial charge in [0, 0.05) is 25.5 Å². The van der Waals surface area contributed by atoms with Crippen LogP contribution in [-0.2, 0) is 4.79 Å². The van der Waals surface area contributed by atoms with Gasteiger partial charge in [-0.15, -0.1) is 0 Å². The van der Waals surface area contributed by atoms with Crippen LogP contribution in [0.2, 0.25) is 0 Å². The van der Waals surface area contributed by atoms with E-state index in [2.05, 4.69) is 15.4 Å². The van der Waals surface area contributed by atoms with Crippen molar-refractivity contribution in [1.82, 2.24) is 14.8 Å². The fraction of sp³-hybridized carbons (Fsp3) is 0.267. The van der Waals surface area contributed by atoms with E-state index in [0.717, 1.165) is 11.3 Å². The first kappa shape index (κ1) is 14.1. The summed E-state index contributed by atoms with van der Waals surface area (Å²) in [6, 6.07) is 7.59. The number of rotatable bonds is 3. The third-order valence-electron chi connectivity index (χ3n) is 3.79. The molecule has 3 rings (SSSR count). The van der Waals surface area contributed by atoms with Gasteiger partial charge in [0.25, 0.3) is 0 Å². The minimum absolute atomic E-state index is 0.368. The average Bonchev–Trinajstić information content (AvgIpc) is 2.93. The normalized spacial score (nSPS) is 17.0. The van der Waals surface area contributed by atoms with Crippen molar-refractivity contribution in [2.45, 2.75) is 13.0 Å². The molecule has 0 radical (unpaired) electrons. The van der Waals surface area contributed by atoms with Crippen LogP contribution in [0.4, 0.5) is 11.6 Å². The highest BCUT2D eigenvalue weighted by molar-refractivity contribution is 5.95. The third-order valence-corrected chi connectivity index (χ3v) is 3.79. The van der Waals surface area contributed by atoms with Gasteiger partial charge >= 0.3 is 0 Å². The Morgan fingerprint density at radius 1 is 1.32 bits per heavy atom. The lowest BCUT2D eigenvalue weighted by Gasteiger charge is -2.28. The quantitative estimate of drug-likeness (QED) is 0.886. The van der Waals surface area contributed by atoms with Crippen LogP contribution in [-0.4, -0.2) is 34.8 Å². The van der Waals surface area contributed by atoms with Crippen LogP contribution >= 0.6 is 0 Å². The molecule has 0 saturated heterocycles. The first-order valence-corrected chi connectivity index (χ1v) is 6.93. The van der Waals surface area contributed by atoms with Crippen molar-refractivity contribution in [3.05, 3.63) is 47.4 Å². The molecule has 0 unspecified atom stereocenters. The number of anilines is 2. The molecular weight excluding hydrogens is 280 g/mol. The molecule has 7 nitrogen and oxygen atoms in total. The zero-order chi connectivity index (χ0) is 15.9. The number of primary amides is 1. The molecule has 0 spiro atoms. The summed E-state index contributed by atoms with van der Waals surface area (Å²) in [7, 11) is 3.96. The molecule has 1 aliphatic heterocycles. The Morgan fingerprint density at radius 3 is 2.59 bits per heavy atom. The summed E-state index contributed by atoms with van der Waals surface area (Å²) >= 11 is 0. The van der Waals surface area contributed by atoms with Crippen molar-refractivity contribution in [1.29, 1.82) is 0 Å². The molecule has 0 aliphatic carbocycles. The van der Waals surface area contributed by atoms with Crippen LogP contribution in [0.25, 0.3) is 0 Å². The van der Waals surface area contributed by atoms with Gasteiger partial charge in [-0.3, -0.25) is 4.79 Å². The standard InChI is InChI=1S/C15H18N6O/c1-9-12(14(16)22)13(21-15(19-9)17-8-18-21)10-4-6-11(7-5-10)20(2)3/h4-8,13H,1-3H3,(H2,16,22)(H,17,18,19)/t13-/m1/s1. The summed E-state index contributed by atoms with van der Waals surface area (Å²) in [6.07, 6.45) is 1.46. The molecule has 114 valence electrons. The second kappa shape index (κ2) is 5.18. The van der Waals surface area contributed by atoms with Crippen LogP contribution < -0.4 is 16.0 Å². The van der Waals surface area contributed by atoms with Crippen molar-refractivity contribution in [2.75, 3.05) is 24.3 Å². The minimum Gasteiger partial charge on any atom is -0.378 e. The molecular formula is C15H18N6O. The highest BCUT2D eigenvalue weighted by Crippen LogP contribution is 2.34. The molecule has 1 aliphatic rings. The molecule has 1 aromatic heterocycles. The van der Waals surface area contributed by atoms with Gasteiger partial charge in [-0.2, -0.15) is 10.1 Å². The largest absolute Gasteiger partial charge is 0.378 e. The molecule has 0 saturated carbocycles. The maximum absolute atomic E-state index is 11.9. The van der Waals surface area contributed by atoms with E-state index in [0.29, 0.717) is 17.2 Å². The summed E-state index contributed by atoms with van der Waals surface area (Å²) in [5, 5.41) is 7.29. The van der Waals surface area contributed by atoms with Gasteiger partial charge in [-0.05, 0) is 24.6 Å². The second-order valence-corrected chi connectivity index (χ2v) is 5.44. The van der Waals surface area contributed by atoms with Gasteiger partial charge in [0.15, 0.2) is 0 Å². The summed E-state index contributed by atoms with van der Waals surface area (Å²) in [6.45, 7) is 1.82. The number of carbonyl (C=O) groups excluding carboxylic acids is 1. The number of amides is 1. The van der Waals surface area contributed by atoms with E-state index in [1.807, 2.05) is 50.2 Å². The van der Waals surface area contributed by atoms with Crippen molar-refractivity contribution in [3.63, 3.8) is 0 Å². The van der Waals surface area contributed by atoms with E-state index < -0.39 is 5.91 Å². The summed E-state index contributed by atoms with van der Waals surface area (Å²) in [5.74, 6) is 0.136. The Kier molecular flexibility index (Phi) is 3.32. The number of hydrogen-bond acceptors (Lipinski definition) is 5. The van der Waals surface area contributed by atoms with E-state index in [-0.39, 0.29) is 6.04 Å². The average molecular weight is 298 g/mol. The van der Waals surface area contributed by atoms with Crippen LogP contribution in [0.1, 0.15) is 18.5 Å². The predicted octanol–water partition coefficient (Wildman–Crippen LogP) is 1.12. The number of allylic oxidation sites excluding steroid dienone is 1. The molecule has 0 fully saturated rings. The number of carbonyl (C=O) groups is 1. The molecule has 2 heterocycles. The zero-order valence-electron chi connectivity index (χ0n) is 12.7. The van der Waals surface area contributed by atoms with Crippen molar-refractivity contribution >= 4 is 17.5 Å². The number of nitrogens with two attached hydrogens (primary N) is 1. The maximum Gasteiger partial charge on any atom is 0.248 e. The highest BCUT2D eigenvalue weighted by Gasteiger charge is 2.32. The van der Waals surface area contributed by atoms with Gasteiger partial charge in [0.1, 0.15) is 12.4 Å².